The third-order valence-electron chi connectivity index (χ3n) is 2.56. The summed E-state index contributed by atoms with van der Waals surface area (Å²) in [7, 11) is 1.68. The number of nitrogens with one attached hydrogen (secondary N) is 1. The van der Waals surface area contributed by atoms with Gasteiger partial charge in [-0.05, 0) is 12.8 Å². The predicted molar refractivity (Wildman–Crippen MR) is 49.7 cm³/mol. The molecule has 0 bridgehead atoms. The first-order valence-corrected chi connectivity index (χ1v) is 4.75. The molecule has 2 N–H and O–H groups in total. The van der Waals surface area contributed by atoms with Gasteiger partial charge in [0.25, 0.3) is 0 Å². The van der Waals surface area contributed by atoms with E-state index in [4.69, 9.17) is 9.47 Å². The molecule has 0 atom stereocenters. The van der Waals surface area contributed by atoms with E-state index in [-0.39, 0.29) is 12.1 Å². The molecule has 4 heteroatoms. The average Bonchev–Trinajstić information content (AvgIpc) is 2.20. The molecule has 0 saturated carbocycles. The maximum Gasteiger partial charge on any atom is 0.0615 e. The Morgan fingerprint density at radius 1 is 1.46 bits per heavy atom. The van der Waals surface area contributed by atoms with Crippen molar-refractivity contribution in [3.63, 3.8) is 0 Å². The summed E-state index contributed by atoms with van der Waals surface area (Å²) in [6, 6.07) is 0. The molecule has 1 aliphatic rings. The zero-order valence-corrected chi connectivity index (χ0v) is 8.21. The molecule has 78 valence electrons. The topological polar surface area (TPSA) is 50.7 Å². The highest BCUT2D eigenvalue weighted by atomic mass is 16.5. The van der Waals surface area contributed by atoms with Crippen LogP contribution in [0.25, 0.3) is 0 Å². The second kappa shape index (κ2) is 5.54. The van der Waals surface area contributed by atoms with Crippen LogP contribution in [0.1, 0.15) is 12.8 Å². The summed E-state index contributed by atoms with van der Waals surface area (Å²) < 4.78 is 10.2. The van der Waals surface area contributed by atoms with E-state index in [0.717, 1.165) is 32.6 Å². The first-order valence-electron chi connectivity index (χ1n) is 4.75. The van der Waals surface area contributed by atoms with Crippen molar-refractivity contribution in [3.8, 4) is 0 Å². The van der Waals surface area contributed by atoms with Crippen molar-refractivity contribution in [2.75, 3.05) is 40.1 Å². The van der Waals surface area contributed by atoms with E-state index in [1.807, 2.05) is 0 Å². The lowest BCUT2D eigenvalue weighted by Crippen LogP contribution is -2.53. The predicted octanol–water partition coefficient (Wildman–Crippen LogP) is -0.236. The summed E-state index contributed by atoms with van der Waals surface area (Å²) in [5.41, 5.74) is -0.128. The summed E-state index contributed by atoms with van der Waals surface area (Å²) >= 11 is 0. The Labute approximate surface area is 79.2 Å². The third kappa shape index (κ3) is 3.23. The lowest BCUT2D eigenvalue weighted by Gasteiger charge is -2.36. The van der Waals surface area contributed by atoms with Crippen LogP contribution >= 0.6 is 0 Å². The van der Waals surface area contributed by atoms with Crippen molar-refractivity contribution in [2.24, 2.45) is 0 Å². The molecule has 0 amide bonds. The van der Waals surface area contributed by atoms with Crippen LogP contribution in [0, 0.1) is 0 Å². The summed E-state index contributed by atoms with van der Waals surface area (Å²) in [6.45, 7) is 3.13. The lowest BCUT2D eigenvalue weighted by molar-refractivity contribution is 0.00941. The molecule has 0 aromatic heterocycles. The van der Waals surface area contributed by atoms with Gasteiger partial charge in [-0.1, -0.05) is 0 Å². The summed E-state index contributed by atoms with van der Waals surface area (Å²) in [4.78, 5) is 0. The van der Waals surface area contributed by atoms with Crippen LogP contribution < -0.4 is 5.32 Å². The van der Waals surface area contributed by atoms with E-state index >= 15 is 0 Å². The van der Waals surface area contributed by atoms with Gasteiger partial charge in [0.15, 0.2) is 0 Å². The van der Waals surface area contributed by atoms with Gasteiger partial charge >= 0.3 is 0 Å². The Morgan fingerprint density at radius 2 is 2.15 bits per heavy atom. The van der Waals surface area contributed by atoms with Crippen LogP contribution in [-0.4, -0.2) is 50.7 Å². The third-order valence-corrected chi connectivity index (χ3v) is 2.56. The van der Waals surface area contributed by atoms with Crippen LogP contribution in [0.2, 0.25) is 0 Å². The van der Waals surface area contributed by atoms with Crippen molar-refractivity contribution < 1.29 is 14.6 Å². The molecule has 13 heavy (non-hydrogen) atoms. The molecule has 0 unspecified atom stereocenters. The highest BCUT2D eigenvalue weighted by Gasteiger charge is 2.30. The molecule has 1 rings (SSSR count). The Morgan fingerprint density at radius 3 is 2.69 bits per heavy atom. The van der Waals surface area contributed by atoms with Crippen molar-refractivity contribution in [2.45, 2.75) is 18.4 Å². The molecule has 0 aromatic carbocycles. The monoisotopic (exact) mass is 189 g/mol. The average molecular weight is 189 g/mol. The van der Waals surface area contributed by atoms with Crippen LogP contribution in [0.4, 0.5) is 0 Å². The van der Waals surface area contributed by atoms with Crippen molar-refractivity contribution in [1.82, 2.24) is 5.32 Å². The Balaban J connectivity index is 2.29. The molecule has 0 spiro atoms. The second-order valence-electron chi connectivity index (χ2n) is 3.47. The smallest absolute Gasteiger partial charge is 0.0615 e. The molecule has 1 heterocycles. The van der Waals surface area contributed by atoms with Gasteiger partial charge < -0.3 is 19.9 Å². The molecule has 1 aliphatic heterocycles. The fraction of sp³-hybridized carbons (Fsp3) is 1.00. The van der Waals surface area contributed by atoms with Gasteiger partial charge in [0.05, 0.1) is 13.2 Å². The quantitative estimate of drug-likeness (QED) is 0.586. The van der Waals surface area contributed by atoms with Gasteiger partial charge in [0.2, 0.25) is 0 Å². The number of hydrogen-bond donors (Lipinski definition) is 2. The fourth-order valence-corrected chi connectivity index (χ4v) is 1.57. The standard InChI is InChI=1S/C9H19NO3/c1-12-7-4-10-9(8-11)2-5-13-6-3-9/h10-11H,2-8H2,1H3. The van der Waals surface area contributed by atoms with Gasteiger partial charge in [0, 0.05) is 32.4 Å². The summed E-state index contributed by atoms with van der Waals surface area (Å²) in [5, 5.41) is 12.6. The Kier molecular flexibility index (Phi) is 4.66. The summed E-state index contributed by atoms with van der Waals surface area (Å²) in [6.07, 6.45) is 1.76. The van der Waals surface area contributed by atoms with Gasteiger partial charge in [-0.2, -0.15) is 0 Å². The minimum atomic E-state index is -0.128. The molecule has 0 radical (unpaired) electrons. The number of aliphatic hydroxyl groups excluding tert-OH is 1. The van der Waals surface area contributed by atoms with Gasteiger partial charge in [-0.3, -0.25) is 0 Å². The normalized spacial score (nSPS) is 21.7. The highest BCUT2D eigenvalue weighted by Crippen LogP contribution is 2.19. The molecule has 1 fully saturated rings. The largest absolute Gasteiger partial charge is 0.394 e. The molecular weight excluding hydrogens is 170 g/mol. The minimum Gasteiger partial charge on any atom is -0.394 e. The van der Waals surface area contributed by atoms with E-state index < -0.39 is 0 Å². The first-order chi connectivity index (χ1) is 6.33. The fourth-order valence-electron chi connectivity index (χ4n) is 1.57. The van der Waals surface area contributed by atoms with E-state index in [1.54, 1.807) is 7.11 Å². The first kappa shape index (κ1) is 10.9. The van der Waals surface area contributed by atoms with Crippen LogP contribution in [0.3, 0.4) is 0 Å². The SMILES string of the molecule is COCCNC1(CO)CCOCC1. The molecular formula is C9H19NO3. The Hall–Kier alpha value is -0.160. The maximum absolute atomic E-state index is 9.28. The van der Waals surface area contributed by atoms with E-state index in [2.05, 4.69) is 5.32 Å². The maximum atomic E-state index is 9.28. The van der Waals surface area contributed by atoms with Crippen LogP contribution in [-0.2, 0) is 9.47 Å². The van der Waals surface area contributed by atoms with E-state index in [1.165, 1.54) is 0 Å². The zero-order chi connectivity index (χ0) is 9.57. The van der Waals surface area contributed by atoms with Gasteiger partial charge in [-0.15, -0.1) is 0 Å². The molecule has 0 aliphatic carbocycles. The van der Waals surface area contributed by atoms with Crippen molar-refractivity contribution in [3.05, 3.63) is 0 Å². The molecule has 1 saturated heterocycles. The summed E-state index contributed by atoms with van der Waals surface area (Å²) in [5.74, 6) is 0. The second-order valence-corrected chi connectivity index (χ2v) is 3.47. The zero-order valence-electron chi connectivity index (χ0n) is 8.21. The van der Waals surface area contributed by atoms with Crippen LogP contribution in [0.5, 0.6) is 0 Å². The molecule has 0 aromatic rings. The Bertz CT molecular complexity index is 135. The number of hydrogen-bond acceptors (Lipinski definition) is 4. The van der Waals surface area contributed by atoms with Crippen molar-refractivity contribution in [1.29, 1.82) is 0 Å². The highest BCUT2D eigenvalue weighted by molar-refractivity contribution is 4.89. The molecule has 4 nitrogen and oxygen atoms in total. The lowest BCUT2D eigenvalue weighted by atomic mass is 9.91. The number of ether oxygens (including phenoxy) is 2. The van der Waals surface area contributed by atoms with Crippen molar-refractivity contribution >= 4 is 0 Å². The number of methoxy groups -OCH3 is 1. The minimum absolute atomic E-state index is 0.128. The van der Waals surface area contributed by atoms with E-state index in [9.17, 15) is 5.11 Å². The van der Waals surface area contributed by atoms with Gasteiger partial charge in [0.1, 0.15) is 0 Å². The number of rotatable bonds is 5. The van der Waals surface area contributed by atoms with Gasteiger partial charge in [-0.25, -0.2) is 0 Å². The van der Waals surface area contributed by atoms with E-state index in [0.29, 0.717) is 6.61 Å². The number of aliphatic hydroxyl groups is 1. The van der Waals surface area contributed by atoms with Crippen LogP contribution in [0.15, 0.2) is 0 Å².